The van der Waals surface area contributed by atoms with Crippen molar-refractivity contribution >= 4 is 0 Å². The van der Waals surface area contributed by atoms with Gasteiger partial charge in [0.2, 0.25) is 0 Å². The van der Waals surface area contributed by atoms with Gasteiger partial charge in [0, 0.05) is 12.7 Å². The lowest BCUT2D eigenvalue weighted by Crippen LogP contribution is -2.31. The Kier molecular flexibility index (Phi) is 4.77. The van der Waals surface area contributed by atoms with E-state index in [1.54, 1.807) is 5.56 Å². The Morgan fingerprint density at radius 2 is 1.95 bits per heavy atom. The third kappa shape index (κ3) is 3.25. The highest BCUT2D eigenvalue weighted by Crippen LogP contribution is 2.34. The van der Waals surface area contributed by atoms with Crippen molar-refractivity contribution in [3.05, 3.63) is 17.5 Å². The highest BCUT2D eigenvalue weighted by molar-refractivity contribution is 5.23. The zero-order valence-corrected chi connectivity index (χ0v) is 12.9. The van der Waals surface area contributed by atoms with Gasteiger partial charge in [-0.3, -0.25) is 4.68 Å². The normalized spacial score (nSPS) is 25.6. The minimum absolute atomic E-state index is 0.776. The molecule has 0 amide bonds. The van der Waals surface area contributed by atoms with Gasteiger partial charge in [-0.05, 0) is 62.6 Å². The minimum atomic E-state index is 0.776. The van der Waals surface area contributed by atoms with Crippen LogP contribution in [0.15, 0.2) is 6.20 Å². The van der Waals surface area contributed by atoms with Crippen molar-refractivity contribution in [2.24, 2.45) is 13.0 Å². The van der Waals surface area contributed by atoms with E-state index in [2.05, 4.69) is 28.3 Å². The summed E-state index contributed by atoms with van der Waals surface area (Å²) in [6.07, 6.45) is 14.5. The van der Waals surface area contributed by atoms with Crippen LogP contribution in [-0.2, 0) is 13.5 Å². The average molecular weight is 275 g/mol. The van der Waals surface area contributed by atoms with Gasteiger partial charge in [-0.25, -0.2) is 0 Å². The molecule has 2 fully saturated rings. The van der Waals surface area contributed by atoms with E-state index in [1.165, 1.54) is 76.6 Å². The zero-order valence-electron chi connectivity index (χ0n) is 12.9. The second kappa shape index (κ2) is 6.75. The van der Waals surface area contributed by atoms with Gasteiger partial charge >= 0.3 is 0 Å². The molecule has 112 valence electrons. The van der Waals surface area contributed by atoms with E-state index in [9.17, 15) is 0 Å². The second-order valence-corrected chi connectivity index (χ2v) is 6.78. The number of rotatable bonds is 3. The topological polar surface area (TPSA) is 29.9 Å². The molecule has 1 aromatic heterocycles. The number of aromatic nitrogens is 2. The van der Waals surface area contributed by atoms with E-state index in [4.69, 9.17) is 0 Å². The molecule has 2 heterocycles. The smallest absolute Gasteiger partial charge is 0.0527 e. The van der Waals surface area contributed by atoms with Crippen LogP contribution in [0.5, 0.6) is 0 Å². The molecule has 0 spiro atoms. The van der Waals surface area contributed by atoms with Crippen molar-refractivity contribution in [3.8, 4) is 0 Å². The molecule has 1 atom stereocenters. The van der Waals surface area contributed by atoms with Gasteiger partial charge in [0.05, 0.1) is 6.20 Å². The second-order valence-electron chi connectivity index (χ2n) is 6.78. The molecule has 1 aromatic rings. The number of aryl methyl sites for hydroxylation is 1. The van der Waals surface area contributed by atoms with Gasteiger partial charge < -0.3 is 5.32 Å². The highest BCUT2D eigenvalue weighted by Gasteiger charge is 2.23. The lowest BCUT2D eigenvalue weighted by Gasteiger charge is -2.24. The first-order chi connectivity index (χ1) is 9.84. The Labute approximate surface area is 123 Å². The summed E-state index contributed by atoms with van der Waals surface area (Å²) in [4.78, 5) is 0. The number of nitrogens with one attached hydrogen (secondary N) is 1. The minimum Gasteiger partial charge on any atom is -0.316 e. The Morgan fingerprint density at radius 3 is 2.65 bits per heavy atom. The van der Waals surface area contributed by atoms with Crippen molar-refractivity contribution in [3.63, 3.8) is 0 Å². The van der Waals surface area contributed by atoms with E-state index in [1.807, 2.05) is 0 Å². The van der Waals surface area contributed by atoms with E-state index in [-0.39, 0.29) is 0 Å². The molecule has 1 unspecified atom stereocenters. The molecular formula is C17H29N3. The quantitative estimate of drug-likeness (QED) is 0.857. The summed E-state index contributed by atoms with van der Waals surface area (Å²) in [6.45, 7) is 2.40. The first kappa shape index (κ1) is 14.1. The predicted octanol–water partition coefficient (Wildman–Crippen LogP) is 3.40. The van der Waals surface area contributed by atoms with Crippen LogP contribution < -0.4 is 5.32 Å². The molecule has 3 rings (SSSR count). The number of hydrogen-bond donors (Lipinski definition) is 1. The Balaban J connectivity index is 1.73. The van der Waals surface area contributed by atoms with Crippen LogP contribution in [0.25, 0.3) is 0 Å². The maximum Gasteiger partial charge on any atom is 0.0527 e. The molecule has 0 aromatic carbocycles. The average Bonchev–Trinajstić information content (AvgIpc) is 2.70. The molecule has 1 aliphatic heterocycles. The summed E-state index contributed by atoms with van der Waals surface area (Å²) in [6, 6.07) is 0. The Hall–Kier alpha value is -0.830. The molecule has 20 heavy (non-hydrogen) atoms. The zero-order chi connectivity index (χ0) is 13.8. The van der Waals surface area contributed by atoms with Gasteiger partial charge in [0.15, 0.2) is 0 Å². The SMILES string of the molecule is Cn1ncc(C2CCCCCC2)c1CC1CCCNC1. The van der Waals surface area contributed by atoms with Crippen LogP contribution in [0.1, 0.15) is 68.5 Å². The number of piperidine rings is 1. The van der Waals surface area contributed by atoms with Gasteiger partial charge in [0.25, 0.3) is 0 Å². The van der Waals surface area contributed by atoms with Crippen molar-refractivity contribution in [2.75, 3.05) is 13.1 Å². The van der Waals surface area contributed by atoms with Crippen LogP contribution in [0.2, 0.25) is 0 Å². The molecule has 1 saturated carbocycles. The summed E-state index contributed by atoms with van der Waals surface area (Å²) in [5.41, 5.74) is 3.09. The molecule has 0 radical (unpaired) electrons. The van der Waals surface area contributed by atoms with E-state index in [0.717, 1.165) is 11.8 Å². The fourth-order valence-electron chi connectivity index (χ4n) is 4.03. The molecule has 3 nitrogen and oxygen atoms in total. The Morgan fingerprint density at radius 1 is 1.15 bits per heavy atom. The third-order valence-corrected chi connectivity index (χ3v) is 5.27. The molecular weight excluding hydrogens is 246 g/mol. The lowest BCUT2D eigenvalue weighted by molar-refractivity contribution is 0.367. The predicted molar refractivity (Wildman–Crippen MR) is 82.9 cm³/mol. The highest BCUT2D eigenvalue weighted by atomic mass is 15.3. The van der Waals surface area contributed by atoms with Gasteiger partial charge in [-0.15, -0.1) is 0 Å². The van der Waals surface area contributed by atoms with Gasteiger partial charge in [-0.1, -0.05) is 25.7 Å². The molecule has 3 heteroatoms. The fourth-order valence-corrected chi connectivity index (χ4v) is 4.03. The van der Waals surface area contributed by atoms with Crippen molar-refractivity contribution in [2.45, 2.75) is 63.7 Å². The number of nitrogens with zero attached hydrogens (tertiary/aromatic N) is 2. The largest absolute Gasteiger partial charge is 0.316 e. The van der Waals surface area contributed by atoms with Crippen LogP contribution in [0.3, 0.4) is 0 Å². The van der Waals surface area contributed by atoms with Crippen molar-refractivity contribution in [1.29, 1.82) is 0 Å². The number of hydrogen-bond acceptors (Lipinski definition) is 2. The van der Waals surface area contributed by atoms with Gasteiger partial charge in [-0.2, -0.15) is 5.10 Å². The summed E-state index contributed by atoms with van der Waals surface area (Å²) >= 11 is 0. The third-order valence-electron chi connectivity index (χ3n) is 5.27. The maximum atomic E-state index is 4.58. The summed E-state index contributed by atoms with van der Waals surface area (Å²) in [5.74, 6) is 1.58. The van der Waals surface area contributed by atoms with Gasteiger partial charge in [0.1, 0.15) is 0 Å². The van der Waals surface area contributed by atoms with E-state index in [0.29, 0.717) is 0 Å². The van der Waals surface area contributed by atoms with E-state index < -0.39 is 0 Å². The van der Waals surface area contributed by atoms with Crippen LogP contribution in [0, 0.1) is 5.92 Å². The standard InChI is InChI=1S/C17H29N3/c1-20-17(11-14-7-6-10-18-12-14)16(13-19-20)15-8-4-2-3-5-9-15/h13-15,18H,2-12H2,1H3. The first-order valence-electron chi connectivity index (χ1n) is 8.56. The monoisotopic (exact) mass is 275 g/mol. The summed E-state index contributed by atoms with van der Waals surface area (Å²) in [5, 5.41) is 8.13. The van der Waals surface area contributed by atoms with Crippen LogP contribution in [0.4, 0.5) is 0 Å². The molecule has 1 aliphatic carbocycles. The van der Waals surface area contributed by atoms with Crippen molar-refractivity contribution in [1.82, 2.24) is 15.1 Å². The summed E-state index contributed by atoms with van der Waals surface area (Å²) < 4.78 is 2.15. The maximum absolute atomic E-state index is 4.58. The molecule has 2 aliphatic rings. The lowest BCUT2D eigenvalue weighted by atomic mass is 9.87. The fraction of sp³-hybridized carbons (Fsp3) is 0.824. The van der Waals surface area contributed by atoms with E-state index >= 15 is 0 Å². The van der Waals surface area contributed by atoms with Crippen LogP contribution in [-0.4, -0.2) is 22.9 Å². The molecule has 0 bridgehead atoms. The first-order valence-corrected chi connectivity index (χ1v) is 8.56. The summed E-state index contributed by atoms with van der Waals surface area (Å²) in [7, 11) is 2.13. The van der Waals surface area contributed by atoms with Crippen molar-refractivity contribution < 1.29 is 0 Å². The van der Waals surface area contributed by atoms with Crippen LogP contribution >= 0.6 is 0 Å². The molecule has 1 N–H and O–H groups in total. The molecule has 1 saturated heterocycles. The Bertz CT molecular complexity index is 410.